The molecule has 4 nitrogen and oxygen atoms in total. The van der Waals surface area contributed by atoms with E-state index in [1.807, 2.05) is 83.4 Å². The Morgan fingerprint density at radius 1 is 0.926 bits per heavy atom. The Balaban J connectivity index is 1.69. The van der Waals surface area contributed by atoms with Crippen LogP contribution in [-0.4, -0.2) is 22.4 Å². The minimum Gasteiger partial charge on any atom is -0.497 e. The quantitative estimate of drug-likeness (QED) is 0.477. The SMILES string of the molecule is COc1ccc(Cc2nc3ccccc3n2CC(=O)c2ccccc2)cc1. The van der Waals surface area contributed by atoms with Crippen LogP contribution in [0.15, 0.2) is 78.9 Å². The van der Waals surface area contributed by atoms with E-state index >= 15 is 0 Å². The third-order valence-electron chi connectivity index (χ3n) is 4.65. The highest BCUT2D eigenvalue weighted by molar-refractivity contribution is 5.96. The highest BCUT2D eigenvalue weighted by atomic mass is 16.5. The number of nitrogens with zero attached hydrogens (tertiary/aromatic N) is 2. The van der Waals surface area contributed by atoms with Crippen molar-refractivity contribution in [3.05, 3.63) is 95.8 Å². The monoisotopic (exact) mass is 356 g/mol. The molecule has 4 aromatic rings. The number of fused-ring (bicyclic) bond motifs is 1. The van der Waals surface area contributed by atoms with Crippen molar-refractivity contribution < 1.29 is 9.53 Å². The summed E-state index contributed by atoms with van der Waals surface area (Å²) in [6.07, 6.45) is 0.654. The first-order valence-corrected chi connectivity index (χ1v) is 8.90. The minimum absolute atomic E-state index is 0.0785. The molecule has 0 amide bonds. The lowest BCUT2D eigenvalue weighted by Gasteiger charge is -2.09. The van der Waals surface area contributed by atoms with Crippen molar-refractivity contribution in [3.63, 3.8) is 0 Å². The molecule has 4 heteroatoms. The van der Waals surface area contributed by atoms with Crippen molar-refractivity contribution in [2.75, 3.05) is 7.11 Å². The zero-order valence-electron chi connectivity index (χ0n) is 15.1. The smallest absolute Gasteiger partial charge is 0.182 e. The fourth-order valence-electron chi connectivity index (χ4n) is 3.22. The summed E-state index contributed by atoms with van der Waals surface area (Å²) >= 11 is 0. The second kappa shape index (κ2) is 7.46. The van der Waals surface area contributed by atoms with E-state index in [4.69, 9.17) is 9.72 Å². The molecule has 0 bridgehead atoms. The number of benzene rings is 3. The lowest BCUT2D eigenvalue weighted by atomic mass is 10.1. The van der Waals surface area contributed by atoms with E-state index in [-0.39, 0.29) is 12.3 Å². The summed E-state index contributed by atoms with van der Waals surface area (Å²) in [4.78, 5) is 17.6. The van der Waals surface area contributed by atoms with Gasteiger partial charge in [0.2, 0.25) is 0 Å². The second-order valence-electron chi connectivity index (χ2n) is 6.42. The molecule has 4 rings (SSSR count). The van der Waals surface area contributed by atoms with Gasteiger partial charge in [-0.15, -0.1) is 0 Å². The van der Waals surface area contributed by atoms with Crippen molar-refractivity contribution in [3.8, 4) is 5.75 Å². The molecule has 27 heavy (non-hydrogen) atoms. The summed E-state index contributed by atoms with van der Waals surface area (Å²) in [6, 6.07) is 25.3. The number of hydrogen-bond donors (Lipinski definition) is 0. The van der Waals surface area contributed by atoms with Gasteiger partial charge in [-0.2, -0.15) is 0 Å². The number of ketones is 1. The van der Waals surface area contributed by atoms with Crippen LogP contribution in [0.3, 0.4) is 0 Å². The Hall–Kier alpha value is -3.40. The van der Waals surface area contributed by atoms with Gasteiger partial charge < -0.3 is 9.30 Å². The van der Waals surface area contributed by atoms with Gasteiger partial charge in [0.25, 0.3) is 0 Å². The normalized spacial score (nSPS) is 10.9. The molecule has 0 aliphatic heterocycles. The van der Waals surface area contributed by atoms with Gasteiger partial charge in [0.15, 0.2) is 5.78 Å². The highest BCUT2D eigenvalue weighted by Gasteiger charge is 2.15. The number of hydrogen-bond acceptors (Lipinski definition) is 3. The van der Waals surface area contributed by atoms with Gasteiger partial charge in [0.05, 0.1) is 24.7 Å². The van der Waals surface area contributed by atoms with Gasteiger partial charge in [-0.05, 0) is 29.8 Å². The summed E-state index contributed by atoms with van der Waals surface area (Å²) in [6.45, 7) is 0.274. The van der Waals surface area contributed by atoms with E-state index in [0.717, 1.165) is 28.2 Å². The number of Topliss-reactive ketones (excluding diaryl/α,β-unsaturated/α-hetero) is 1. The third-order valence-corrected chi connectivity index (χ3v) is 4.65. The van der Waals surface area contributed by atoms with E-state index in [1.165, 1.54) is 0 Å². The van der Waals surface area contributed by atoms with Crippen LogP contribution in [0.25, 0.3) is 11.0 Å². The van der Waals surface area contributed by atoms with E-state index in [1.54, 1.807) is 7.11 Å². The highest BCUT2D eigenvalue weighted by Crippen LogP contribution is 2.20. The van der Waals surface area contributed by atoms with Gasteiger partial charge in [-0.25, -0.2) is 4.98 Å². The zero-order valence-corrected chi connectivity index (χ0v) is 15.1. The van der Waals surface area contributed by atoms with Gasteiger partial charge in [-0.1, -0.05) is 54.6 Å². The molecule has 0 aliphatic rings. The molecular formula is C23H20N2O2. The number of methoxy groups -OCH3 is 1. The fourth-order valence-corrected chi connectivity index (χ4v) is 3.22. The molecule has 1 aromatic heterocycles. The average Bonchev–Trinajstić information content (AvgIpc) is 3.06. The van der Waals surface area contributed by atoms with Crippen LogP contribution >= 0.6 is 0 Å². The molecule has 0 atom stereocenters. The maximum Gasteiger partial charge on any atom is 0.182 e. The third kappa shape index (κ3) is 3.60. The van der Waals surface area contributed by atoms with Crippen LogP contribution in [0, 0.1) is 0 Å². The molecule has 1 heterocycles. The number of carbonyl (C=O) groups is 1. The maximum atomic E-state index is 12.8. The van der Waals surface area contributed by atoms with Crippen molar-refractivity contribution in [2.24, 2.45) is 0 Å². The molecule has 0 unspecified atom stereocenters. The lowest BCUT2D eigenvalue weighted by Crippen LogP contribution is -2.13. The van der Waals surface area contributed by atoms with Gasteiger partial charge >= 0.3 is 0 Å². The predicted molar refractivity (Wildman–Crippen MR) is 106 cm³/mol. The summed E-state index contributed by atoms with van der Waals surface area (Å²) in [7, 11) is 1.66. The number of ether oxygens (including phenoxy) is 1. The number of aromatic nitrogens is 2. The van der Waals surface area contributed by atoms with Crippen LogP contribution in [0.1, 0.15) is 21.7 Å². The van der Waals surface area contributed by atoms with Crippen LogP contribution in [-0.2, 0) is 13.0 Å². The van der Waals surface area contributed by atoms with Crippen molar-refractivity contribution in [2.45, 2.75) is 13.0 Å². The summed E-state index contributed by atoms with van der Waals surface area (Å²) in [5, 5.41) is 0. The summed E-state index contributed by atoms with van der Waals surface area (Å²) in [5.74, 6) is 1.78. The molecule has 0 saturated heterocycles. The number of para-hydroxylation sites is 2. The fraction of sp³-hybridized carbons (Fsp3) is 0.130. The lowest BCUT2D eigenvalue weighted by molar-refractivity contribution is 0.0972. The predicted octanol–water partition coefficient (Wildman–Crippen LogP) is 4.52. The Labute approximate surface area is 158 Å². The Morgan fingerprint density at radius 3 is 2.37 bits per heavy atom. The molecule has 0 saturated carbocycles. The van der Waals surface area contributed by atoms with E-state index in [9.17, 15) is 4.79 Å². The largest absolute Gasteiger partial charge is 0.497 e. The minimum atomic E-state index is 0.0785. The first kappa shape index (κ1) is 17.0. The molecule has 0 N–H and O–H groups in total. The topological polar surface area (TPSA) is 44.1 Å². The Morgan fingerprint density at radius 2 is 1.63 bits per heavy atom. The molecule has 0 radical (unpaired) electrons. The van der Waals surface area contributed by atoms with Gasteiger partial charge in [0, 0.05) is 12.0 Å². The average molecular weight is 356 g/mol. The molecule has 0 fully saturated rings. The molecule has 3 aromatic carbocycles. The Kier molecular flexibility index (Phi) is 4.71. The second-order valence-corrected chi connectivity index (χ2v) is 6.42. The van der Waals surface area contributed by atoms with E-state index < -0.39 is 0 Å². The number of imidazole rings is 1. The Bertz CT molecular complexity index is 1070. The van der Waals surface area contributed by atoms with Gasteiger partial charge in [-0.3, -0.25) is 4.79 Å². The first-order chi connectivity index (χ1) is 13.2. The van der Waals surface area contributed by atoms with E-state index in [0.29, 0.717) is 12.0 Å². The van der Waals surface area contributed by atoms with Crippen LogP contribution in [0.5, 0.6) is 5.75 Å². The van der Waals surface area contributed by atoms with Gasteiger partial charge in [0.1, 0.15) is 11.6 Å². The first-order valence-electron chi connectivity index (χ1n) is 8.90. The molecular weight excluding hydrogens is 336 g/mol. The van der Waals surface area contributed by atoms with Crippen LogP contribution in [0.2, 0.25) is 0 Å². The van der Waals surface area contributed by atoms with Crippen molar-refractivity contribution >= 4 is 16.8 Å². The summed E-state index contributed by atoms with van der Waals surface area (Å²) < 4.78 is 7.25. The standard InChI is InChI=1S/C23H20N2O2/c1-27-19-13-11-17(12-14-19)15-23-24-20-9-5-6-10-21(20)25(23)16-22(26)18-7-3-2-4-8-18/h2-14H,15-16H2,1H3. The van der Waals surface area contributed by atoms with Crippen LogP contribution in [0.4, 0.5) is 0 Å². The molecule has 0 spiro atoms. The van der Waals surface area contributed by atoms with Crippen LogP contribution < -0.4 is 4.74 Å². The molecule has 134 valence electrons. The zero-order chi connectivity index (χ0) is 18.6. The number of rotatable bonds is 6. The van der Waals surface area contributed by atoms with Crippen molar-refractivity contribution in [1.29, 1.82) is 0 Å². The maximum absolute atomic E-state index is 12.8. The number of carbonyl (C=O) groups excluding carboxylic acids is 1. The summed E-state index contributed by atoms with van der Waals surface area (Å²) in [5.41, 5.74) is 3.72. The molecule has 0 aliphatic carbocycles. The van der Waals surface area contributed by atoms with Crippen molar-refractivity contribution in [1.82, 2.24) is 9.55 Å². The van der Waals surface area contributed by atoms with E-state index in [2.05, 4.69) is 0 Å².